The molecule has 0 saturated heterocycles. The molecule has 4 aromatic carbocycles. The lowest BCUT2D eigenvalue weighted by molar-refractivity contribution is -0.115. The number of fused-ring (bicyclic) bond motifs is 3. The van der Waals surface area contributed by atoms with Crippen molar-refractivity contribution in [1.29, 1.82) is 0 Å². The zero-order valence-corrected chi connectivity index (χ0v) is 20.2. The molecule has 0 radical (unpaired) electrons. The van der Waals surface area contributed by atoms with Crippen LogP contribution in [0.25, 0.3) is 10.8 Å². The molecule has 1 aliphatic heterocycles. The molecule has 0 unspecified atom stereocenters. The number of benzene rings is 4. The maximum absolute atomic E-state index is 12.5. The Bertz CT molecular complexity index is 1500. The van der Waals surface area contributed by atoms with Crippen molar-refractivity contribution in [3.8, 4) is 0 Å². The van der Waals surface area contributed by atoms with Gasteiger partial charge in [-0.15, -0.1) is 5.10 Å². The summed E-state index contributed by atoms with van der Waals surface area (Å²) in [6.07, 6.45) is 0.269. The molecular formula is C28H23N5O2S. The summed E-state index contributed by atoms with van der Waals surface area (Å²) in [5.41, 5.74) is 3.02. The SMILES string of the molecule is O=C(CCNc1nnc(CN2c3ccccc3Sc3ccccc32)o1)Nc1cccc2ccccc12. The zero-order chi connectivity index (χ0) is 24.3. The van der Waals surface area contributed by atoms with Gasteiger partial charge in [0.15, 0.2) is 0 Å². The predicted molar refractivity (Wildman–Crippen MR) is 143 cm³/mol. The summed E-state index contributed by atoms with van der Waals surface area (Å²) in [6, 6.07) is 30.7. The highest BCUT2D eigenvalue weighted by Crippen LogP contribution is 2.48. The van der Waals surface area contributed by atoms with E-state index in [0.717, 1.165) is 27.8 Å². The maximum atomic E-state index is 12.5. The lowest BCUT2D eigenvalue weighted by Gasteiger charge is -2.31. The first kappa shape index (κ1) is 22.2. The smallest absolute Gasteiger partial charge is 0.315 e. The summed E-state index contributed by atoms with van der Waals surface area (Å²) < 4.78 is 5.86. The maximum Gasteiger partial charge on any atom is 0.315 e. The van der Waals surface area contributed by atoms with Crippen LogP contribution in [0.2, 0.25) is 0 Å². The number of para-hydroxylation sites is 2. The Hall–Kier alpha value is -4.30. The van der Waals surface area contributed by atoms with Gasteiger partial charge in [0.1, 0.15) is 6.54 Å². The molecule has 7 nitrogen and oxygen atoms in total. The van der Waals surface area contributed by atoms with Gasteiger partial charge < -0.3 is 20.0 Å². The zero-order valence-electron chi connectivity index (χ0n) is 19.3. The van der Waals surface area contributed by atoms with E-state index >= 15 is 0 Å². The third kappa shape index (κ3) is 4.50. The van der Waals surface area contributed by atoms with Crippen LogP contribution in [0.1, 0.15) is 12.3 Å². The number of hydrogen-bond acceptors (Lipinski definition) is 7. The first-order valence-corrected chi connectivity index (χ1v) is 12.5. The minimum atomic E-state index is -0.0855. The normalized spacial score (nSPS) is 12.2. The van der Waals surface area contributed by atoms with Gasteiger partial charge >= 0.3 is 6.01 Å². The molecule has 6 rings (SSSR count). The lowest BCUT2D eigenvalue weighted by Crippen LogP contribution is -2.20. The molecule has 8 heteroatoms. The molecule has 0 aliphatic carbocycles. The first-order valence-electron chi connectivity index (χ1n) is 11.7. The average molecular weight is 494 g/mol. The van der Waals surface area contributed by atoms with Crippen molar-refractivity contribution < 1.29 is 9.21 Å². The third-order valence-electron chi connectivity index (χ3n) is 5.98. The van der Waals surface area contributed by atoms with E-state index in [1.165, 1.54) is 9.79 Å². The van der Waals surface area contributed by atoms with Crippen LogP contribution >= 0.6 is 11.8 Å². The second-order valence-electron chi connectivity index (χ2n) is 8.38. The van der Waals surface area contributed by atoms with Crippen molar-refractivity contribution in [2.75, 3.05) is 22.1 Å². The van der Waals surface area contributed by atoms with E-state index in [0.29, 0.717) is 25.0 Å². The van der Waals surface area contributed by atoms with E-state index in [2.05, 4.69) is 50.0 Å². The fourth-order valence-corrected chi connectivity index (χ4v) is 5.40. The Balaban J connectivity index is 1.09. The minimum Gasteiger partial charge on any atom is -0.406 e. The molecule has 0 atom stereocenters. The Morgan fingerprint density at radius 1 is 0.833 bits per heavy atom. The molecule has 1 amide bonds. The molecule has 0 saturated carbocycles. The largest absolute Gasteiger partial charge is 0.406 e. The van der Waals surface area contributed by atoms with E-state index in [1.807, 2.05) is 66.7 Å². The highest BCUT2D eigenvalue weighted by Gasteiger charge is 2.24. The van der Waals surface area contributed by atoms with E-state index in [1.54, 1.807) is 11.8 Å². The van der Waals surface area contributed by atoms with E-state index in [9.17, 15) is 4.79 Å². The molecule has 0 bridgehead atoms. The number of nitrogens with one attached hydrogen (secondary N) is 2. The van der Waals surface area contributed by atoms with Crippen molar-refractivity contribution in [3.63, 3.8) is 0 Å². The van der Waals surface area contributed by atoms with Gasteiger partial charge in [-0.2, -0.15) is 0 Å². The van der Waals surface area contributed by atoms with Crippen LogP contribution in [0, 0.1) is 0 Å². The van der Waals surface area contributed by atoms with Crippen LogP contribution in [0.15, 0.2) is 105 Å². The van der Waals surface area contributed by atoms with Crippen LogP contribution in [0.5, 0.6) is 0 Å². The first-order chi connectivity index (χ1) is 17.7. The fraction of sp³-hybridized carbons (Fsp3) is 0.107. The Kier molecular flexibility index (Phi) is 6.01. The molecule has 0 spiro atoms. The van der Waals surface area contributed by atoms with Gasteiger partial charge in [-0.25, -0.2) is 0 Å². The molecule has 36 heavy (non-hydrogen) atoms. The monoisotopic (exact) mass is 493 g/mol. The average Bonchev–Trinajstić information content (AvgIpc) is 3.36. The van der Waals surface area contributed by atoms with Gasteiger partial charge in [-0.05, 0) is 35.7 Å². The Labute approximate surface area is 212 Å². The van der Waals surface area contributed by atoms with E-state index < -0.39 is 0 Å². The van der Waals surface area contributed by atoms with Crippen molar-refractivity contribution >= 4 is 51.5 Å². The summed E-state index contributed by atoms with van der Waals surface area (Å²) >= 11 is 1.76. The molecule has 5 aromatic rings. The number of carbonyl (C=O) groups is 1. The van der Waals surface area contributed by atoms with Gasteiger partial charge in [-0.1, -0.05) is 77.5 Å². The predicted octanol–water partition coefficient (Wildman–Crippen LogP) is 6.47. The van der Waals surface area contributed by atoms with Crippen molar-refractivity contribution in [3.05, 3.63) is 96.9 Å². The van der Waals surface area contributed by atoms with Gasteiger partial charge in [0.05, 0.1) is 11.4 Å². The lowest BCUT2D eigenvalue weighted by atomic mass is 10.1. The highest BCUT2D eigenvalue weighted by molar-refractivity contribution is 7.99. The Morgan fingerprint density at radius 3 is 2.33 bits per heavy atom. The highest BCUT2D eigenvalue weighted by atomic mass is 32.2. The van der Waals surface area contributed by atoms with Crippen molar-refractivity contribution in [1.82, 2.24) is 10.2 Å². The minimum absolute atomic E-state index is 0.0855. The van der Waals surface area contributed by atoms with Crippen molar-refractivity contribution in [2.45, 2.75) is 22.8 Å². The van der Waals surface area contributed by atoms with Gasteiger partial charge in [0.25, 0.3) is 0 Å². The topological polar surface area (TPSA) is 83.3 Å². The number of rotatable bonds is 7. The van der Waals surface area contributed by atoms with Crippen molar-refractivity contribution in [2.24, 2.45) is 0 Å². The molecule has 2 heterocycles. The molecule has 2 N–H and O–H groups in total. The van der Waals surface area contributed by atoms with Crippen LogP contribution in [-0.4, -0.2) is 22.6 Å². The summed E-state index contributed by atoms with van der Waals surface area (Å²) in [4.78, 5) is 17.1. The number of anilines is 4. The fourth-order valence-electron chi connectivity index (χ4n) is 4.31. The second kappa shape index (κ2) is 9.75. The molecule has 0 fully saturated rings. The van der Waals surface area contributed by atoms with Gasteiger partial charge in [-0.3, -0.25) is 4.79 Å². The van der Waals surface area contributed by atoms with Crippen LogP contribution < -0.4 is 15.5 Å². The number of nitrogens with zero attached hydrogens (tertiary/aromatic N) is 3. The standard InChI is InChI=1S/C28H23N5O2S/c34-26(30-21-11-7-9-19-8-1-2-10-20(19)21)16-17-29-28-32-31-27(35-28)18-33-22-12-3-5-14-24(22)36-25-15-6-4-13-23(25)33/h1-15H,16-18H2,(H,29,32)(H,30,34). The molecule has 1 aliphatic rings. The molecule has 178 valence electrons. The molecular weight excluding hydrogens is 470 g/mol. The van der Waals surface area contributed by atoms with E-state index in [4.69, 9.17) is 4.42 Å². The summed E-state index contributed by atoms with van der Waals surface area (Å²) in [5, 5.41) is 16.5. The second-order valence-corrected chi connectivity index (χ2v) is 9.46. The summed E-state index contributed by atoms with van der Waals surface area (Å²) in [5.74, 6) is 0.409. The van der Waals surface area contributed by atoms with E-state index in [-0.39, 0.29) is 12.3 Å². The van der Waals surface area contributed by atoms with Crippen LogP contribution in [0.3, 0.4) is 0 Å². The summed E-state index contributed by atoms with van der Waals surface area (Å²) in [6.45, 7) is 0.828. The van der Waals surface area contributed by atoms with Crippen LogP contribution in [0.4, 0.5) is 23.1 Å². The third-order valence-corrected chi connectivity index (χ3v) is 7.11. The number of amides is 1. The quantitative estimate of drug-likeness (QED) is 0.269. The number of hydrogen-bond donors (Lipinski definition) is 2. The van der Waals surface area contributed by atoms with Gasteiger partial charge in [0, 0.05) is 33.8 Å². The number of aromatic nitrogens is 2. The van der Waals surface area contributed by atoms with Gasteiger partial charge in [0.2, 0.25) is 11.8 Å². The molecule has 1 aromatic heterocycles. The number of carbonyl (C=O) groups excluding carboxylic acids is 1. The van der Waals surface area contributed by atoms with Crippen LogP contribution in [-0.2, 0) is 11.3 Å². The Morgan fingerprint density at radius 2 is 1.53 bits per heavy atom. The summed E-state index contributed by atoms with van der Waals surface area (Å²) in [7, 11) is 0.